The van der Waals surface area contributed by atoms with Gasteiger partial charge in [0.05, 0.1) is 17.6 Å². The van der Waals surface area contributed by atoms with Crippen LogP contribution in [-0.2, 0) is 16.1 Å². The minimum Gasteiger partial charge on any atom is -0.466 e. The van der Waals surface area contributed by atoms with Crippen LogP contribution >= 0.6 is 0 Å². The average Bonchev–Trinajstić information content (AvgIpc) is 2.51. The van der Waals surface area contributed by atoms with Gasteiger partial charge in [-0.2, -0.15) is 0 Å². The summed E-state index contributed by atoms with van der Waals surface area (Å²) >= 11 is 0. The van der Waals surface area contributed by atoms with Crippen LogP contribution in [0.1, 0.15) is 32.6 Å². The number of benzene rings is 1. The first-order valence-corrected chi connectivity index (χ1v) is 7.61. The Labute approximate surface area is 131 Å². The summed E-state index contributed by atoms with van der Waals surface area (Å²) in [6.07, 6.45) is 2.28. The van der Waals surface area contributed by atoms with Gasteiger partial charge in [0.15, 0.2) is 0 Å². The van der Waals surface area contributed by atoms with Crippen molar-refractivity contribution < 1.29 is 13.9 Å². The number of hydrogen-bond donors (Lipinski definition) is 1. The molecule has 0 spiro atoms. The van der Waals surface area contributed by atoms with Gasteiger partial charge in [-0.1, -0.05) is 6.42 Å². The van der Waals surface area contributed by atoms with E-state index in [4.69, 9.17) is 4.74 Å². The van der Waals surface area contributed by atoms with Gasteiger partial charge in [-0.15, -0.1) is 0 Å². The first-order chi connectivity index (χ1) is 11.0. The van der Waals surface area contributed by atoms with Gasteiger partial charge in [-0.25, -0.2) is 4.39 Å². The standard InChI is InChI=1S/C16H19FN2O4/c1-2-23-14(20)6-4-3-5-9-19-13-10-11(17)7-8-12(13)18-15(21)16(19)22/h7-8,10H,2-6,9H2,1H3,(H,18,21). The first-order valence-electron chi connectivity index (χ1n) is 7.61. The molecule has 0 aliphatic rings. The minimum atomic E-state index is -0.726. The number of nitrogens with one attached hydrogen (secondary N) is 1. The van der Waals surface area contributed by atoms with Crippen molar-refractivity contribution in [1.29, 1.82) is 0 Å². The molecule has 2 aromatic rings. The lowest BCUT2D eigenvalue weighted by molar-refractivity contribution is -0.143. The summed E-state index contributed by atoms with van der Waals surface area (Å²) in [7, 11) is 0. The fraction of sp³-hybridized carbons (Fsp3) is 0.438. The summed E-state index contributed by atoms with van der Waals surface area (Å²) in [5.74, 6) is -0.714. The highest BCUT2D eigenvalue weighted by atomic mass is 19.1. The first kappa shape index (κ1) is 16.9. The van der Waals surface area contributed by atoms with Gasteiger partial charge in [0.25, 0.3) is 0 Å². The molecule has 7 heteroatoms. The molecule has 0 aliphatic carbocycles. The Morgan fingerprint density at radius 2 is 2.04 bits per heavy atom. The van der Waals surface area contributed by atoms with Crippen LogP contribution < -0.4 is 11.1 Å². The Hall–Kier alpha value is -2.44. The van der Waals surface area contributed by atoms with Gasteiger partial charge in [0.2, 0.25) is 0 Å². The molecule has 0 unspecified atom stereocenters. The average molecular weight is 322 g/mol. The van der Waals surface area contributed by atoms with E-state index in [0.717, 1.165) is 0 Å². The predicted octanol–water partition coefficient (Wildman–Crippen LogP) is 1.95. The number of aromatic amines is 1. The molecule has 124 valence electrons. The molecule has 0 saturated carbocycles. The number of unbranched alkanes of at least 4 members (excludes halogenated alkanes) is 2. The number of halogens is 1. The van der Waals surface area contributed by atoms with E-state index in [1.165, 1.54) is 22.8 Å². The zero-order valence-corrected chi connectivity index (χ0v) is 12.9. The summed E-state index contributed by atoms with van der Waals surface area (Å²) in [5.41, 5.74) is -0.647. The molecule has 23 heavy (non-hydrogen) atoms. The molecular formula is C16H19FN2O4. The number of esters is 1. The quantitative estimate of drug-likeness (QED) is 0.480. The smallest absolute Gasteiger partial charge is 0.316 e. The van der Waals surface area contributed by atoms with E-state index >= 15 is 0 Å². The third-order valence-electron chi connectivity index (χ3n) is 3.51. The number of aromatic nitrogens is 2. The van der Waals surface area contributed by atoms with Gasteiger partial charge < -0.3 is 14.3 Å². The number of carbonyl (C=O) groups excluding carboxylic acids is 1. The van der Waals surface area contributed by atoms with Crippen molar-refractivity contribution in [2.24, 2.45) is 0 Å². The monoisotopic (exact) mass is 322 g/mol. The van der Waals surface area contributed by atoms with E-state index in [-0.39, 0.29) is 5.97 Å². The molecule has 1 aromatic heterocycles. The van der Waals surface area contributed by atoms with Crippen molar-refractivity contribution in [3.63, 3.8) is 0 Å². The third kappa shape index (κ3) is 4.28. The van der Waals surface area contributed by atoms with Crippen LogP contribution in [-0.4, -0.2) is 22.1 Å². The van der Waals surface area contributed by atoms with E-state index < -0.39 is 16.9 Å². The lowest BCUT2D eigenvalue weighted by Crippen LogP contribution is -2.36. The highest BCUT2D eigenvalue weighted by molar-refractivity contribution is 5.74. The second-order valence-electron chi connectivity index (χ2n) is 5.19. The van der Waals surface area contributed by atoms with Crippen LogP contribution in [0, 0.1) is 5.82 Å². The van der Waals surface area contributed by atoms with Crippen molar-refractivity contribution in [3.05, 3.63) is 44.7 Å². The number of fused-ring (bicyclic) bond motifs is 1. The van der Waals surface area contributed by atoms with Crippen LogP contribution in [0.2, 0.25) is 0 Å². The highest BCUT2D eigenvalue weighted by Gasteiger charge is 2.08. The van der Waals surface area contributed by atoms with Gasteiger partial charge >= 0.3 is 17.1 Å². The van der Waals surface area contributed by atoms with Gasteiger partial charge in [0, 0.05) is 13.0 Å². The molecule has 0 atom stereocenters. The Balaban J connectivity index is 2.06. The maximum absolute atomic E-state index is 13.4. The van der Waals surface area contributed by atoms with Crippen molar-refractivity contribution in [2.75, 3.05) is 6.61 Å². The van der Waals surface area contributed by atoms with E-state index in [0.29, 0.717) is 49.9 Å². The lowest BCUT2D eigenvalue weighted by atomic mass is 10.2. The topological polar surface area (TPSA) is 81.2 Å². The summed E-state index contributed by atoms with van der Waals surface area (Å²) in [6, 6.07) is 3.89. The molecule has 0 amide bonds. The number of hydrogen-bond acceptors (Lipinski definition) is 4. The Kier molecular flexibility index (Phi) is 5.67. The maximum Gasteiger partial charge on any atom is 0.316 e. The summed E-state index contributed by atoms with van der Waals surface area (Å²) < 4.78 is 19.5. The second kappa shape index (κ2) is 7.71. The Morgan fingerprint density at radius 3 is 2.78 bits per heavy atom. The zero-order chi connectivity index (χ0) is 16.8. The highest BCUT2D eigenvalue weighted by Crippen LogP contribution is 2.12. The number of carbonyl (C=O) groups is 1. The molecule has 2 rings (SSSR count). The van der Waals surface area contributed by atoms with Gasteiger partial charge in [-0.05, 0) is 38.0 Å². The number of ether oxygens (including phenoxy) is 1. The van der Waals surface area contributed by atoms with Crippen LogP contribution in [0.4, 0.5) is 4.39 Å². The molecule has 0 bridgehead atoms. The summed E-state index contributed by atoms with van der Waals surface area (Å²) in [6.45, 7) is 2.41. The molecule has 1 aromatic carbocycles. The van der Waals surface area contributed by atoms with E-state index in [2.05, 4.69) is 4.98 Å². The lowest BCUT2D eigenvalue weighted by Gasteiger charge is -2.09. The molecule has 1 N–H and O–H groups in total. The number of rotatable bonds is 7. The van der Waals surface area contributed by atoms with Crippen LogP contribution in [0.15, 0.2) is 27.8 Å². The Bertz CT molecular complexity index is 810. The summed E-state index contributed by atoms with van der Waals surface area (Å²) in [4.78, 5) is 37.3. The predicted molar refractivity (Wildman–Crippen MR) is 83.9 cm³/mol. The van der Waals surface area contributed by atoms with E-state index in [9.17, 15) is 18.8 Å². The Morgan fingerprint density at radius 1 is 1.26 bits per heavy atom. The van der Waals surface area contributed by atoms with E-state index in [1.807, 2.05) is 0 Å². The van der Waals surface area contributed by atoms with E-state index in [1.54, 1.807) is 6.92 Å². The molecule has 0 aliphatic heterocycles. The molecule has 0 fully saturated rings. The largest absolute Gasteiger partial charge is 0.466 e. The molecular weight excluding hydrogens is 303 g/mol. The minimum absolute atomic E-state index is 0.242. The van der Waals surface area contributed by atoms with Crippen LogP contribution in [0.5, 0.6) is 0 Å². The fourth-order valence-electron chi connectivity index (χ4n) is 2.41. The van der Waals surface area contributed by atoms with Gasteiger partial charge in [0.1, 0.15) is 5.82 Å². The maximum atomic E-state index is 13.4. The number of H-pyrrole nitrogens is 1. The fourth-order valence-corrected chi connectivity index (χ4v) is 2.41. The molecule has 6 nitrogen and oxygen atoms in total. The van der Waals surface area contributed by atoms with Crippen molar-refractivity contribution in [1.82, 2.24) is 9.55 Å². The molecule has 0 radical (unpaired) electrons. The normalized spacial score (nSPS) is 10.9. The second-order valence-corrected chi connectivity index (χ2v) is 5.19. The third-order valence-corrected chi connectivity index (χ3v) is 3.51. The van der Waals surface area contributed by atoms with Gasteiger partial charge in [-0.3, -0.25) is 14.4 Å². The zero-order valence-electron chi connectivity index (χ0n) is 12.9. The molecule has 1 heterocycles. The van der Waals surface area contributed by atoms with Crippen LogP contribution in [0.25, 0.3) is 11.0 Å². The van der Waals surface area contributed by atoms with Crippen LogP contribution in [0.3, 0.4) is 0 Å². The summed E-state index contributed by atoms with van der Waals surface area (Å²) in [5, 5.41) is 0. The van der Waals surface area contributed by atoms with Crippen molar-refractivity contribution in [2.45, 2.75) is 39.2 Å². The van der Waals surface area contributed by atoms with Crippen molar-refractivity contribution >= 4 is 17.0 Å². The number of aryl methyl sites for hydroxylation is 1. The number of nitrogens with zero attached hydrogens (tertiary/aromatic N) is 1. The SMILES string of the molecule is CCOC(=O)CCCCCn1c(=O)c(=O)[nH]c2ccc(F)cc21. The van der Waals surface area contributed by atoms with Crippen molar-refractivity contribution in [3.8, 4) is 0 Å². The molecule has 0 saturated heterocycles.